The summed E-state index contributed by atoms with van der Waals surface area (Å²) in [5.74, 6) is 1.15. The summed E-state index contributed by atoms with van der Waals surface area (Å²) in [5.41, 5.74) is 4.29. The van der Waals surface area contributed by atoms with E-state index in [1.165, 1.54) is 11.1 Å². The van der Waals surface area contributed by atoms with Gasteiger partial charge in [-0.05, 0) is 54.7 Å². The van der Waals surface area contributed by atoms with E-state index >= 15 is 0 Å². The molecule has 126 valence electrons. The molecule has 3 aliphatic rings. The van der Waals surface area contributed by atoms with E-state index in [0.29, 0.717) is 22.5 Å². The second kappa shape index (κ2) is 7.92. The topological polar surface area (TPSA) is 34.1 Å². The fraction of sp³-hybridized carbons (Fsp3) is 0.400. The molecule has 0 aromatic heterocycles. The summed E-state index contributed by atoms with van der Waals surface area (Å²) in [6.07, 6.45) is 10.2. The Labute approximate surface area is 159 Å². The van der Waals surface area contributed by atoms with Crippen LogP contribution in [0.5, 0.6) is 0 Å². The lowest BCUT2D eigenvalue weighted by molar-refractivity contribution is -0.112. The lowest BCUT2D eigenvalue weighted by atomic mass is 9.73. The van der Waals surface area contributed by atoms with Gasteiger partial charge in [0.15, 0.2) is 11.6 Å². The molecule has 1 aromatic rings. The Bertz CT molecular complexity index is 718. The maximum Gasteiger partial charge on any atom is 0.173 e. The minimum absolute atomic E-state index is 0.131. The maximum atomic E-state index is 12.0. The van der Waals surface area contributed by atoms with Crippen molar-refractivity contribution in [1.29, 1.82) is 0 Å². The van der Waals surface area contributed by atoms with Crippen LogP contribution in [0.2, 0.25) is 0 Å². The van der Waals surface area contributed by atoms with Crippen LogP contribution in [0, 0.1) is 0 Å². The lowest BCUT2D eigenvalue weighted by Crippen LogP contribution is -2.16. The van der Waals surface area contributed by atoms with Gasteiger partial charge in [-0.25, -0.2) is 0 Å². The summed E-state index contributed by atoms with van der Waals surface area (Å²) in [7, 11) is 0. The van der Waals surface area contributed by atoms with Crippen LogP contribution in [0.15, 0.2) is 42.0 Å². The highest BCUT2D eigenvalue weighted by atomic mass is 79.9. The first-order chi connectivity index (χ1) is 11.6. The summed E-state index contributed by atoms with van der Waals surface area (Å²) in [4.78, 5) is 24.0. The van der Waals surface area contributed by atoms with Crippen LogP contribution in [0.25, 0.3) is 0 Å². The number of carbonyl (C=O) groups is 2. The molecule has 0 heterocycles. The minimum Gasteiger partial charge on any atom is -0.293 e. The normalized spacial score (nSPS) is 26.2. The average Bonchev–Trinajstić information content (AvgIpc) is 2.64. The number of alkyl halides is 2. The van der Waals surface area contributed by atoms with E-state index < -0.39 is 0 Å². The highest BCUT2D eigenvalue weighted by Crippen LogP contribution is 2.43. The molecule has 2 unspecified atom stereocenters. The fourth-order valence-electron chi connectivity index (χ4n) is 3.73. The van der Waals surface area contributed by atoms with Crippen LogP contribution in [0.1, 0.15) is 59.0 Å². The molecule has 1 aromatic carbocycles. The van der Waals surface area contributed by atoms with Crippen molar-refractivity contribution in [2.45, 2.75) is 37.5 Å². The van der Waals surface area contributed by atoms with Crippen LogP contribution < -0.4 is 0 Å². The number of hydrogen-bond donors (Lipinski definition) is 0. The minimum atomic E-state index is 0.131. The van der Waals surface area contributed by atoms with E-state index in [1.54, 1.807) is 0 Å². The van der Waals surface area contributed by atoms with Crippen LogP contribution in [-0.4, -0.2) is 22.2 Å². The summed E-state index contributed by atoms with van der Waals surface area (Å²) < 4.78 is 0. The Morgan fingerprint density at radius 3 is 2.38 bits per heavy atom. The second-order valence-corrected chi connectivity index (χ2v) is 7.58. The summed E-state index contributed by atoms with van der Waals surface area (Å²) in [6, 6.07) is 6.18. The van der Waals surface area contributed by atoms with Crippen molar-refractivity contribution >= 4 is 43.4 Å². The van der Waals surface area contributed by atoms with Crippen LogP contribution in [0.4, 0.5) is 0 Å². The first kappa shape index (κ1) is 17.8. The molecule has 0 saturated carbocycles. The van der Waals surface area contributed by atoms with Crippen molar-refractivity contribution in [1.82, 2.24) is 0 Å². The van der Waals surface area contributed by atoms with Gasteiger partial charge in [0.05, 0.1) is 10.7 Å². The Hall–Kier alpha value is -1.00. The summed E-state index contributed by atoms with van der Waals surface area (Å²) in [6.45, 7) is 0. The van der Waals surface area contributed by atoms with Crippen LogP contribution in [0.3, 0.4) is 0 Å². The molecule has 0 N–H and O–H groups in total. The molecule has 0 amide bonds. The van der Waals surface area contributed by atoms with E-state index in [4.69, 9.17) is 0 Å². The number of Topliss-reactive ketones (excluding diaryl/α,β-unsaturated/α-hetero) is 2. The molecule has 0 radical (unpaired) electrons. The Morgan fingerprint density at radius 1 is 0.958 bits per heavy atom. The van der Waals surface area contributed by atoms with Gasteiger partial charge >= 0.3 is 0 Å². The van der Waals surface area contributed by atoms with E-state index in [-0.39, 0.29) is 11.6 Å². The molecule has 4 heteroatoms. The molecule has 24 heavy (non-hydrogen) atoms. The van der Waals surface area contributed by atoms with Gasteiger partial charge in [-0.3, -0.25) is 9.59 Å². The van der Waals surface area contributed by atoms with Crippen molar-refractivity contribution in [2.24, 2.45) is 0 Å². The summed E-state index contributed by atoms with van der Waals surface area (Å²) >= 11 is 6.53. The predicted octanol–water partition coefficient (Wildman–Crippen LogP) is 5.47. The molecule has 3 aliphatic carbocycles. The molecule has 0 aliphatic heterocycles. The van der Waals surface area contributed by atoms with Crippen molar-refractivity contribution in [2.75, 3.05) is 10.7 Å². The standard InChI is InChI=1S/C20H20Br2O2/c21-11-19(23)15-3-1-2-13-4-5-14(6-7-15)17-9-8-16(10-18(13)17)20(24)12-22/h1,3,7-10,13-14H,2,4-6,11-12H2/b3-1-,15-7-. The smallest absolute Gasteiger partial charge is 0.173 e. The Kier molecular flexibility index (Phi) is 5.88. The monoisotopic (exact) mass is 450 g/mol. The molecule has 0 fully saturated rings. The number of allylic oxidation sites excluding steroid dienone is 4. The molecular formula is C20H20Br2O2. The van der Waals surface area contributed by atoms with Gasteiger partial charge < -0.3 is 0 Å². The van der Waals surface area contributed by atoms with Crippen LogP contribution >= 0.6 is 31.9 Å². The van der Waals surface area contributed by atoms with Crippen molar-refractivity contribution in [3.05, 3.63) is 58.7 Å². The van der Waals surface area contributed by atoms with E-state index in [2.05, 4.69) is 56.1 Å². The first-order valence-corrected chi connectivity index (χ1v) is 10.6. The zero-order chi connectivity index (χ0) is 17.1. The van der Waals surface area contributed by atoms with Crippen molar-refractivity contribution in [3.63, 3.8) is 0 Å². The molecule has 2 atom stereocenters. The Balaban J connectivity index is 1.99. The third kappa shape index (κ3) is 3.65. The number of hydrogen-bond acceptors (Lipinski definition) is 2. The van der Waals surface area contributed by atoms with E-state index in [0.717, 1.165) is 36.8 Å². The second-order valence-electron chi connectivity index (χ2n) is 6.46. The molecule has 0 saturated heterocycles. The molecular weight excluding hydrogens is 432 g/mol. The number of ketones is 2. The number of benzene rings is 1. The van der Waals surface area contributed by atoms with Gasteiger partial charge in [0.25, 0.3) is 0 Å². The average molecular weight is 452 g/mol. The SMILES string of the molecule is O=C(CBr)C1=C\CC2CCC(C/C=C\1)c1cc(C(=O)CBr)ccc12. The predicted molar refractivity (Wildman–Crippen MR) is 105 cm³/mol. The number of halogens is 2. The van der Waals surface area contributed by atoms with Gasteiger partial charge in [-0.15, -0.1) is 0 Å². The number of rotatable bonds is 4. The highest BCUT2D eigenvalue weighted by molar-refractivity contribution is 9.09. The summed E-state index contributed by atoms with van der Waals surface area (Å²) in [5, 5.41) is 0.729. The highest BCUT2D eigenvalue weighted by Gasteiger charge is 2.27. The van der Waals surface area contributed by atoms with Gasteiger partial charge in [0, 0.05) is 11.1 Å². The quantitative estimate of drug-likeness (QED) is 0.449. The third-order valence-corrected chi connectivity index (χ3v) is 6.08. The molecule has 2 bridgehead atoms. The van der Waals surface area contributed by atoms with Crippen LogP contribution in [-0.2, 0) is 4.79 Å². The zero-order valence-electron chi connectivity index (χ0n) is 13.4. The van der Waals surface area contributed by atoms with Gasteiger partial charge in [-0.1, -0.05) is 62.2 Å². The number of carbonyl (C=O) groups excluding carboxylic acids is 2. The van der Waals surface area contributed by atoms with Gasteiger partial charge in [0.1, 0.15) is 0 Å². The maximum absolute atomic E-state index is 12.0. The van der Waals surface area contributed by atoms with Gasteiger partial charge in [0.2, 0.25) is 0 Å². The van der Waals surface area contributed by atoms with E-state index in [9.17, 15) is 9.59 Å². The largest absolute Gasteiger partial charge is 0.293 e. The lowest BCUT2D eigenvalue weighted by Gasteiger charge is -2.32. The Morgan fingerprint density at radius 2 is 1.67 bits per heavy atom. The first-order valence-electron chi connectivity index (χ1n) is 8.33. The number of fused-ring (bicyclic) bond motifs is 4. The van der Waals surface area contributed by atoms with Crippen molar-refractivity contribution < 1.29 is 9.59 Å². The fourth-order valence-corrected chi connectivity index (χ4v) is 4.38. The zero-order valence-corrected chi connectivity index (χ0v) is 16.6. The molecule has 4 rings (SSSR count). The molecule has 0 spiro atoms. The third-order valence-electron chi connectivity index (χ3n) is 5.06. The van der Waals surface area contributed by atoms with Gasteiger partial charge in [-0.2, -0.15) is 0 Å². The van der Waals surface area contributed by atoms with E-state index in [1.807, 2.05) is 12.1 Å². The van der Waals surface area contributed by atoms with Crippen molar-refractivity contribution in [3.8, 4) is 0 Å². The molecule has 2 nitrogen and oxygen atoms in total.